The highest BCUT2D eigenvalue weighted by Crippen LogP contribution is 2.14. The Morgan fingerprint density at radius 2 is 1.83 bits per heavy atom. The molecular formula is C17H23N5O. The maximum absolute atomic E-state index is 12.5. The molecule has 0 aliphatic carbocycles. The first kappa shape index (κ1) is 15.7. The first-order valence-corrected chi connectivity index (χ1v) is 8.03. The molecule has 2 N–H and O–H groups in total. The van der Waals surface area contributed by atoms with Gasteiger partial charge in [0.05, 0.1) is 6.54 Å². The maximum Gasteiger partial charge on any atom is 0.244 e. The van der Waals surface area contributed by atoms with Gasteiger partial charge in [0.15, 0.2) is 0 Å². The number of amides is 1. The van der Waals surface area contributed by atoms with Crippen LogP contribution in [0, 0.1) is 0 Å². The van der Waals surface area contributed by atoms with E-state index in [9.17, 15) is 4.79 Å². The van der Waals surface area contributed by atoms with Crippen LogP contribution in [-0.2, 0) is 11.3 Å². The van der Waals surface area contributed by atoms with Crippen molar-refractivity contribution >= 4 is 5.91 Å². The summed E-state index contributed by atoms with van der Waals surface area (Å²) in [5.74, 6) is 0.0166. The van der Waals surface area contributed by atoms with Crippen molar-refractivity contribution in [3.05, 3.63) is 54.4 Å². The third-order valence-corrected chi connectivity index (χ3v) is 4.31. The molecule has 1 aromatic carbocycles. The van der Waals surface area contributed by atoms with Crippen LogP contribution in [0.25, 0.3) is 0 Å². The van der Waals surface area contributed by atoms with Gasteiger partial charge >= 0.3 is 0 Å². The van der Waals surface area contributed by atoms with Gasteiger partial charge in [-0.25, -0.2) is 0 Å². The monoisotopic (exact) mass is 313 g/mol. The summed E-state index contributed by atoms with van der Waals surface area (Å²) in [6.07, 6.45) is 3.76. The minimum absolute atomic E-state index is 0.0166. The number of hydrogen-bond acceptors (Lipinski definition) is 4. The van der Waals surface area contributed by atoms with E-state index in [0.29, 0.717) is 0 Å². The summed E-state index contributed by atoms with van der Waals surface area (Å²) in [6.45, 7) is 5.07. The maximum atomic E-state index is 12.5. The third kappa shape index (κ3) is 3.97. The quantitative estimate of drug-likeness (QED) is 0.883. The topological polar surface area (TPSA) is 67.4 Å². The molecule has 0 bridgehead atoms. The molecule has 23 heavy (non-hydrogen) atoms. The highest BCUT2D eigenvalue weighted by molar-refractivity contribution is 5.83. The van der Waals surface area contributed by atoms with Gasteiger partial charge in [0, 0.05) is 45.1 Å². The summed E-state index contributed by atoms with van der Waals surface area (Å²) >= 11 is 0. The fraction of sp³-hybridized carbons (Fsp3) is 0.412. The van der Waals surface area contributed by atoms with E-state index >= 15 is 0 Å². The van der Waals surface area contributed by atoms with Crippen LogP contribution >= 0.6 is 0 Å². The number of benzene rings is 1. The zero-order chi connectivity index (χ0) is 16.1. The van der Waals surface area contributed by atoms with Gasteiger partial charge in [-0.2, -0.15) is 5.10 Å². The molecule has 3 rings (SSSR count). The SMILES string of the molecule is N[C@@H](C(=O)N1CCN(CCn2cccn2)CC1)c1ccccc1. The lowest BCUT2D eigenvalue weighted by Crippen LogP contribution is -2.51. The highest BCUT2D eigenvalue weighted by atomic mass is 16.2. The summed E-state index contributed by atoms with van der Waals surface area (Å²) in [6, 6.07) is 10.9. The molecule has 1 atom stereocenters. The van der Waals surface area contributed by atoms with Crippen LogP contribution in [0.3, 0.4) is 0 Å². The Kier molecular flexibility index (Phi) is 5.05. The van der Waals surface area contributed by atoms with E-state index in [2.05, 4.69) is 10.00 Å². The molecule has 1 aromatic heterocycles. The summed E-state index contributed by atoms with van der Waals surface area (Å²) in [5, 5.41) is 4.21. The smallest absolute Gasteiger partial charge is 0.244 e. The molecule has 2 aromatic rings. The third-order valence-electron chi connectivity index (χ3n) is 4.31. The molecule has 1 amide bonds. The van der Waals surface area contributed by atoms with E-state index in [1.165, 1.54) is 0 Å². The first-order chi connectivity index (χ1) is 11.2. The molecule has 0 radical (unpaired) electrons. The van der Waals surface area contributed by atoms with Crippen LogP contribution in [0.1, 0.15) is 11.6 Å². The number of carbonyl (C=O) groups is 1. The average molecular weight is 313 g/mol. The van der Waals surface area contributed by atoms with Crippen molar-refractivity contribution in [3.63, 3.8) is 0 Å². The predicted molar refractivity (Wildman–Crippen MR) is 88.6 cm³/mol. The zero-order valence-electron chi connectivity index (χ0n) is 13.2. The molecule has 2 heterocycles. The van der Waals surface area contributed by atoms with Crippen LogP contribution < -0.4 is 5.73 Å². The average Bonchev–Trinajstić information content (AvgIpc) is 3.13. The number of piperazine rings is 1. The Labute approximate surface area is 136 Å². The fourth-order valence-electron chi connectivity index (χ4n) is 2.87. The minimum Gasteiger partial charge on any atom is -0.338 e. The van der Waals surface area contributed by atoms with Crippen molar-refractivity contribution in [1.29, 1.82) is 0 Å². The predicted octanol–water partition coefficient (Wildman–Crippen LogP) is 0.727. The number of nitrogens with zero attached hydrogens (tertiary/aromatic N) is 4. The second-order valence-electron chi connectivity index (χ2n) is 5.82. The molecule has 0 spiro atoms. The second-order valence-corrected chi connectivity index (χ2v) is 5.82. The number of nitrogens with two attached hydrogens (primary N) is 1. The van der Waals surface area contributed by atoms with E-state index in [0.717, 1.165) is 44.8 Å². The van der Waals surface area contributed by atoms with Crippen molar-refractivity contribution in [1.82, 2.24) is 19.6 Å². The lowest BCUT2D eigenvalue weighted by atomic mass is 10.1. The van der Waals surface area contributed by atoms with Gasteiger partial charge in [0.1, 0.15) is 6.04 Å². The van der Waals surface area contributed by atoms with Crippen molar-refractivity contribution in [2.45, 2.75) is 12.6 Å². The van der Waals surface area contributed by atoms with Gasteiger partial charge in [-0.05, 0) is 11.6 Å². The molecule has 1 aliphatic heterocycles. The van der Waals surface area contributed by atoms with E-state index in [4.69, 9.17) is 5.73 Å². The molecule has 122 valence electrons. The summed E-state index contributed by atoms with van der Waals surface area (Å²) in [4.78, 5) is 16.8. The summed E-state index contributed by atoms with van der Waals surface area (Å²) < 4.78 is 1.93. The van der Waals surface area contributed by atoms with Crippen LogP contribution in [-0.4, -0.2) is 58.2 Å². The fourth-order valence-corrected chi connectivity index (χ4v) is 2.87. The Balaban J connectivity index is 1.47. The molecule has 6 heteroatoms. The number of carbonyl (C=O) groups excluding carboxylic acids is 1. The van der Waals surface area contributed by atoms with E-state index in [1.54, 1.807) is 6.20 Å². The van der Waals surface area contributed by atoms with Gasteiger partial charge in [-0.1, -0.05) is 30.3 Å². The summed E-state index contributed by atoms with van der Waals surface area (Å²) in [5.41, 5.74) is 6.98. The molecule has 1 aliphatic rings. The van der Waals surface area contributed by atoms with Crippen molar-refractivity contribution in [2.24, 2.45) is 5.73 Å². The Bertz CT molecular complexity index is 605. The van der Waals surface area contributed by atoms with Gasteiger partial charge < -0.3 is 10.6 Å². The molecule has 6 nitrogen and oxygen atoms in total. The normalized spacial score (nSPS) is 17.2. The van der Waals surface area contributed by atoms with E-state index in [-0.39, 0.29) is 5.91 Å². The molecular weight excluding hydrogens is 290 g/mol. The van der Waals surface area contributed by atoms with Crippen LogP contribution in [0.4, 0.5) is 0 Å². The van der Waals surface area contributed by atoms with Gasteiger partial charge in [0.25, 0.3) is 0 Å². The second kappa shape index (κ2) is 7.39. The highest BCUT2D eigenvalue weighted by Gasteiger charge is 2.25. The number of rotatable bonds is 5. The Morgan fingerprint density at radius 3 is 2.48 bits per heavy atom. The van der Waals surface area contributed by atoms with Crippen LogP contribution in [0.15, 0.2) is 48.8 Å². The lowest BCUT2D eigenvalue weighted by Gasteiger charge is -2.35. The van der Waals surface area contributed by atoms with Crippen LogP contribution in [0.2, 0.25) is 0 Å². The largest absolute Gasteiger partial charge is 0.338 e. The molecule has 1 fully saturated rings. The first-order valence-electron chi connectivity index (χ1n) is 8.03. The molecule has 0 unspecified atom stereocenters. The van der Waals surface area contributed by atoms with E-state index in [1.807, 2.05) is 52.2 Å². The van der Waals surface area contributed by atoms with Gasteiger partial charge in [-0.3, -0.25) is 14.4 Å². The lowest BCUT2D eigenvalue weighted by molar-refractivity contribution is -0.134. The van der Waals surface area contributed by atoms with Gasteiger partial charge in [0.2, 0.25) is 5.91 Å². The van der Waals surface area contributed by atoms with Gasteiger partial charge in [-0.15, -0.1) is 0 Å². The zero-order valence-corrected chi connectivity index (χ0v) is 13.2. The molecule has 1 saturated heterocycles. The van der Waals surface area contributed by atoms with E-state index < -0.39 is 6.04 Å². The van der Waals surface area contributed by atoms with Crippen molar-refractivity contribution in [3.8, 4) is 0 Å². The Hall–Kier alpha value is -2.18. The summed E-state index contributed by atoms with van der Waals surface area (Å²) in [7, 11) is 0. The van der Waals surface area contributed by atoms with Crippen molar-refractivity contribution in [2.75, 3.05) is 32.7 Å². The minimum atomic E-state index is -0.563. The molecule has 0 saturated carbocycles. The number of hydrogen-bond donors (Lipinski definition) is 1. The number of aromatic nitrogens is 2. The van der Waals surface area contributed by atoms with Crippen molar-refractivity contribution < 1.29 is 4.79 Å². The van der Waals surface area contributed by atoms with Crippen LogP contribution in [0.5, 0.6) is 0 Å². The Morgan fingerprint density at radius 1 is 1.09 bits per heavy atom. The standard InChI is InChI=1S/C17H23N5O/c18-16(15-5-2-1-3-6-15)17(23)21-12-9-20(10-13-21)11-14-22-8-4-7-19-22/h1-8,16H,9-14,18H2/t16-/m1/s1.